The first-order chi connectivity index (χ1) is 18.2. The summed E-state index contributed by atoms with van der Waals surface area (Å²) in [7, 11) is 0. The number of amides is 1. The Hall–Kier alpha value is -1.63. The number of oxime groups is 1. The number of rotatable bonds is 7. The van der Waals surface area contributed by atoms with E-state index in [1.54, 1.807) is 0 Å². The molecule has 3 atom stereocenters. The number of hydrogen-bond donors (Lipinski definition) is 1. The summed E-state index contributed by atoms with van der Waals surface area (Å²) in [5.41, 5.74) is 1.02. The molecule has 2 saturated heterocycles. The lowest BCUT2D eigenvalue weighted by atomic mass is 9.74. The van der Waals surface area contributed by atoms with Gasteiger partial charge >= 0.3 is 0 Å². The van der Waals surface area contributed by atoms with E-state index in [1.807, 2.05) is 26.0 Å². The van der Waals surface area contributed by atoms with Crippen LogP contribution < -0.4 is 0 Å². The predicted molar refractivity (Wildman–Crippen MR) is 161 cm³/mol. The summed E-state index contributed by atoms with van der Waals surface area (Å²) < 4.78 is 0. The first-order valence-corrected chi connectivity index (χ1v) is 15.3. The van der Waals surface area contributed by atoms with Crippen LogP contribution in [0.5, 0.6) is 0 Å². The number of nitrogens with zero attached hydrogens (tertiary/aromatic N) is 4. The molecule has 1 aliphatic carbocycles. The molecule has 1 aromatic carbocycles. The van der Waals surface area contributed by atoms with Crippen LogP contribution in [0.15, 0.2) is 29.4 Å². The van der Waals surface area contributed by atoms with E-state index in [9.17, 15) is 10.0 Å². The van der Waals surface area contributed by atoms with Gasteiger partial charge in [0.05, 0.1) is 11.6 Å². The maximum atomic E-state index is 14.0. The van der Waals surface area contributed by atoms with Gasteiger partial charge in [-0.2, -0.15) is 0 Å². The molecule has 3 fully saturated rings. The second-order valence-corrected chi connectivity index (χ2v) is 15.2. The summed E-state index contributed by atoms with van der Waals surface area (Å²) in [4.78, 5) is 21.4. The number of carbonyl (C=O) groups excluding carboxylic acids is 1. The molecule has 0 spiro atoms. The van der Waals surface area contributed by atoms with Crippen molar-refractivity contribution in [1.29, 1.82) is 0 Å². The minimum Gasteiger partial charge on any atom is -0.411 e. The molecule has 0 unspecified atom stereocenters. The zero-order valence-corrected chi connectivity index (χ0v) is 26.0. The number of halogens is 1. The van der Waals surface area contributed by atoms with Crippen molar-refractivity contribution >= 4 is 23.7 Å². The fourth-order valence-electron chi connectivity index (χ4n) is 7.05. The van der Waals surface area contributed by atoms with Crippen molar-refractivity contribution in [3.63, 3.8) is 0 Å². The van der Waals surface area contributed by atoms with E-state index in [0.29, 0.717) is 17.3 Å². The predicted octanol–water partition coefficient (Wildman–Crippen LogP) is 6.51. The van der Waals surface area contributed by atoms with Gasteiger partial charge < -0.3 is 15.0 Å². The Bertz CT molecular complexity index is 1010. The lowest BCUT2D eigenvalue weighted by Crippen LogP contribution is -2.54. The second kappa shape index (κ2) is 11.7. The van der Waals surface area contributed by atoms with Crippen LogP contribution in [0, 0.1) is 16.7 Å². The van der Waals surface area contributed by atoms with Crippen LogP contribution in [0.3, 0.4) is 0 Å². The first-order valence-electron chi connectivity index (χ1n) is 14.9. The molecule has 2 aliphatic heterocycles. The molecule has 218 valence electrons. The average Bonchev–Trinajstić information content (AvgIpc) is 3.48. The Morgan fingerprint density at radius 1 is 1.05 bits per heavy atom. The lowest BCUT2D eigenvalue weighted by Gasteiger charge is -2.45. The quantitative estimate of drug-likeness (QED) is 0.235. The van der Waals surface area contributed by atoms with Gasteiger partial charge in [-0.25, -0.2) is 0 Å². The average molecular weight is 559 g/mol. The van der Waals surface area contributed by atoms with Gasteiger partial charge in [0.2, 0.25) is 5.91 Å². The van der Waals surface area contributed by atoms with E-state index in [0.717, 1.165) is 69.9 Å². The highest BCUT2D eigenvalue weighted by atomic mass is 35.5. The maximum absolute atomic E-state index is 14.0. The SMILES string of the molecule is CC1(C)CCC(N(C(=O)C(C)(C)C=NO)[C@H]2CCN(C[C@H]3CN(C(C)(C)C)C[C@H]3c3ccc(Cl)cc3)C2)CC1. The highest BCUT2D eigenvalue weighted by Gasteiger charge is 2.44. The summed E-state index contributed by atoms with van der Waals surface area (Å²) in [5.74, 6) is 1.09. The summed E-state index contributed by atoms with van der Waals surface area (Å²) in [5, 5.41) is 13.3. The molecule has 1 N–H and O–H groups in total. The molecular weight excluding hydrogens is 508 g/mol. The van der Waals surface area contributed by atoms with Crippen molar-refractivity contribution < 1.29 is 10.0 Å². The fourth-order valence-corrected chi connectivity index (χ4v) is 7.18. The largest absolute Gasteiger partial charge is 0.411 e. The zero-order chi connectivity index (χ0) is 28.6. The van der Waals surface area contributed by atoms with Crippen LogP contribution in [0.1, 0.15) is 92.1 Å². The standard InChI is InChI=1S/C32H51ClN4O2/c1-30(2,3)36-19-24(28(21-36)23-8-10-25(33)11-9-23)18-35-17-14-27(20-35)37(29(38)32(6,7)22-34-39)26-12-15-31(4,5)16-13-26/h8-11,22,24,26-28,39H,12-21H2,1-7H3/t24-,27-,28-/m0/s1. The van der Waals surface area contributed by atoms with Gasteiger partial charge in [-0.05, 0) is 95.8 Å². The number of hydrogen-bond acceptors (Lipinski definition) is 5. The van der Waals surface area contributed by atoms with Crippen molar-refractivity contribution in [1.82, 2.24) is 14.7 Å². The van der Waals surface area contributed by atoms with Gasteiger partial charge in [-0.3, -0.25) is 9.69 Å². The normalized spacial score (nSPS) is 27.4. The van der Waals surface area contributed by atoms with Crippen LogP contribution in [0.25, 0.3) is 0 Å². The van der Waals surface area contributed by atoms with Crippen molar-refractivity contribution in [2.45, 2.75) is 104 Å². The van der Waals surface area contributed by atoms with Crippen molar-refractivity contribution in [2.24, 2.45) is 21.9 Å². The number of carbonyl (C=O) groups is 1. The van der Waals surface area contributed by atoms with Gasteiger partial charge in [0.25, 0.3) is 0 Å². The molecule has 4 rings (SSSR count). The molecular formula is C32H51ClN4O2. The van der Waals surface area contributed by atoms with E-state index in [2.05, 4.69) is 66.6 Å². The Labute approximate surface area is 241 Å². The highest BCUT2D eigenvalue weighted by Crippen LogP contribution is 2.41. The topological polar surface area (TPSA) is 59.4 Å². The smallest absolute Gasteiger partial charge is 0.234 e. The van der Waals surface area contributed by atoms with Gasteiger partial charge in [0.1, 0.15) is 0 Å². The third-order valence-electron chi connectivity index (χ3n) is 9.69. The molecule has 0 bridgehead atoms. The molecule has 7 heteroatoms. The van der Waals surface area contributed by atoms with Crippen LogP contribution in [-0.4, -0.2) is 82.4 Å². The van der Waals surface area contributed by atoms with Gasteiger partial charge in [-0.15, -0.1) is 5.16 Å². The first kappa shape index (κ1) is 30.3. The molecule has 2 heterocycles. The fraction of sp³-hybridized carbons (Fsp3) is 0.750. The molecule has 6 nitrogen and oxygen atoms in total. The van der Waals surface area contributed by atoms with Crippen LogP contribution in [-0.2, 0) is 4.79 Å². The Balaban J connectivity index is 1.51. The lowest BCUT2D eigenvalue weighted by molar-refractivity contribution is -0.143. The molecule has 3 aliphatic rings. The van der Waals surface area contributed by atoms with E-state index >= 15 is 0 Å². The molecule has 1 saturated carbocycles. The molecule has 1 aromatic rings. The molecule has 0 aromatic heterocycles. The van der Waals surface area contributed by atoms with Gasteiger partial charge in [-0.1, -0.05) is 37.6 Å². The van der Waals surface area contributed by atoms with Crippen molar-refractivity contribution in [3.8, 4) is 0 Å². The van der Waals surface area contributed by atoms with Crippen LogP contribution in [0.2, 0.25) is 5.02 Å². The Morgan fingerprint density at radius 2 is 1.69 bits per heavy atom. The van der Waals surface area contributed by atoms with E-state index in [4.69, 9.17) is 11.6 Å². The summed E-state index contributed by atoms with van der Waals surface area (Å²) in [6, 6.07) is 8.90. The van der Waals surface area contributed by atoms with E-state index < -0.39 is 5.41 Å². The second-order valence-electron chi connectivity index (χ2n) is 14.8. The van der Waals surface area contributed by atoms with Crippen LogP contribution in [0.4, 0.5) is 0 Å². The third kappa shape index (κ3) is 7.18. The Kier molecular flexibility index (Phi) is 9.10. The number of likely N-dealkylation sites (tertiary alicyclic amines) is 2. The molecule has 1 amide bonds. The zero-order valence-electron chi connectivity index (χ0n) is 25.3. The van der Waals surface area contributed by atoms with Gasteiger partial charge in [0.15, 0.2) is 0 Å². The highest BCUT2D eigenvalue weighted by molar-refractivity contribution is 6.30. The minimum absolute atomic E-state index is 0.0932. The van der Waals surface area contributed by atoms with Gasteiger partial charge in [0, 0.05) is 61.3 Å². The summed E-state index contributed by atoms with van der Waals surface area (Å²) in [6.07, 6.45) is 6.77. The molecule has 0 radical (unpaired) electrons. The number of benzene rings is 1. The molecule has 39 heavy (non-hydrogen) atoms. The summed E-state index contributed by atoms with van der Waals surface area (Å²) >= 11 is 6.22. The third-order valence-corrected chi connectivity index (χ3v) is 9.94. The van der Waals surface area contributed by atoms with Crippen molar-refractivity contribution in [3.05, 3.63) is 34.9 Å². The van der Waals surface area contributed by atoms with Crippen molar-refractivity contribution in [2.75, 3.05) is 32.7 Å². The van der Waals surface area contributed by atoms with E-state index in [-0.39, 0.29) is 23.5 Å². The minimum atomic E-state index is -0.826. The summed E-state index contributed by atoms with van der Waals surface area (Å²) in [6.45, 7) is 20.5. The monoisotopic (exact) mass is 558 g/mol. The maximum Gasteiger partial charge on any atom is 0.234 e. The Morgan fingerprint density at radius 3 is 2.28 bits per heavy atom. The van der Waals surface area contributed by atoms with Crippen LogP contribution >= 0.6 is 11.6 Å². The van der Waals surface area contributed by atoms with E-state index in [1.165, 1.54) is 11.8 Å².